The molecule has 0 saturated heterocycles. The molecule has 1 N–H and O–H groups in total. The van der Waals surface area contributed by atoms with Gasteiger partial charge in [-0.1, -0.05) is 18.2 Å². The van der Waals surface area contributed by atoms with Crippen molar-refractivity contribution >= 4 is 27.5 Å². The normalized spacial score (nSPS) is 13.9. The van der Waals surface area contributed by atoms with Gasteiger partial charge in [0.15, 0.2) is 0 Å². The number of hydrogen-bond donors (Lipinski definition) is 1. The zero-order chi connectivity index (χ0) is 25.1. The summed E-state index contributed by atoms with van der Waals surface area (Å²) in [7, 11) is 1.38. The molecule has 0 fully saturated rings. The maximum atomic E-state index is 14.5. The van der Waals surface area contributed by atoms with E-state index >= 15 is 0 Å². The van der Waals surface area contributed by atoms with Gasteiger partial charge in [-0.2, -0.15) is 18.3 Å². The van der Waals surface area contributed by atoms with Crippen molar-refractivity contribution in [2.75, 3.05) is 0 Å². The summed E-state index contributed by atoms with van der Waals surface area (Å²) < 4.78 is 59.5. The number of aliphatic hydroxyl groups is 1. The Morgan fingerprint density at radius 3 is 2.43 bits per heavy atom. The first kappa shape index (κ1) is 22.5. The molecular formula is C24H16F4N4O3. The molecule has 0 bridgehead atoms. The number of fused-ring (bicyclic) bond motifs is 2. The summed E-state index contributed by atoms with van der Waals surface area (Å²) in [4.78, 5) is 10.8. The number of nitro benzene ring substituents is 1. The topological polar surface area (TPSA) is 86.1 Å². The molecule has 178 valence electrons. The SMILES string of the molecule is Cn1cc(C(O)(c2ccc3c(cnn3-c3ccc(F)cc3)c2)C(F)(F)F)c2cccc([N+](=O)[O-])c21. The summed E-state index contributed by atoms with van der Waals surface area (Å²) in [5.74, 6) is -0.446. The second kappa shape index (κ2) is 7.64. The summed E-state index contributed by atoms with van der Waals surface area (Å²) >= 11 is 0. The average Bonchev–Trinajstić information content (AvgIpc) is 3.39. The van der Waals surface area contributed by atoms with Crippen LogP contribution in [0.4, 0.5) is 23.2 Å². The number of nitrogens with zero attached hydrogens (tertiary/aromatic N) is 4. The number of alkyl halides is 3. The van der Waals surface area contributed by atoms with Crippen LogP contribution in [0.3, 0.4) is 0 Å². The summed E-state index contributed by atoms with van der Waals surface area (Å²) in [5, 5.41) is 27.1. The third-order valence-corrected chi connectivity index (χ3v) is 6.03. The van der Waals surface area contributed by atoms with E-state index in [-0.39, 0.29) is 16.6 Å². The number of para-hydroxylation sites is 1. The minimum atomic E-state index is -5.16. The van der Waals surface area contributed by atoms with Gasteiger partial charge in [0, 0.05) is 35.6 Å². The fourth-order valence-electron chi connectivity index (χ4n) is 4.40. The van der Waals surface area contributed by atoms with Crippen molar-refractivity contribution < 1.29 is 27.6 Å². The van der Waals surface area contributed by atoms with E-state index in [1.165, 1.54) is 77.1 Å². The molecule has 0 radical (unpaired) electrons. The number of rotatable bonds is 4. The van der Waals surface area contributed by atoms with Crippen LogP contribution >= 0.6 is 0 Å². The van der Waals surface area contributed by atoms with Gasteiger partial charge in [0.1, 0.15) is 11.3 Å². The van der Waals surface area contributed by atoms with Gasteiger partial charge in [0.2, 0.25) is 5.60 Å². The summed E-state index contributed by atoms with van der Waals surface area (Å²) in [6.45, 7) is 0. The Balaban J connectivity index is 1.73. The van der Waals surface area contributed by atoms with Gasteiger partial charge in [-0.15, -0.1) is 0 Å². The zero-order valence-corrected chi connectivity index (χ0v) is 18.0. The van der Waals surface area contributed by atoms with Crippen LogP contribution in [0.1, 0.15) is 11.1 Å². The van der Waals surface area contributed by atoms with E-state index in [9.17, 15) is 32.8 Å². The molecule has 0 spiro atoms. The Bertz CT molecular complexity index is 1610. The lowest BCUT2D eigenvalue weighted by Gasteiger charge is -2.31. The van der Waals surface area contributed by atoms with Crippen LogP contribution < -0.4 is 0 Å². The molecule has 35 heavy (non-hydrogen) atoms. The van der Waals surface area contributed by atoms with Crippen molar-refractivity contribution in [3.05, 3.63) is 100 Å². The number of nitro groups is 1. The highest BCUT2D eigenvalue weighted by Crippen LogP contribution is 2.48. The smallest absolute Gasteiger partial charge is 0.372 e. The highest BCUT2D eigenvalue weighted by atomic mass is 19.4. The number of hydrogen-bond acceptors (Lipinski definition) is 4. The van der Waals surface area contributed by atoms with Crippen molar-refractivity contribution in [2.24, 2.45) is 7.05 Å². The molecule has 5 rings (SSSR count). The minimum Gasteiger partial charge on any atom is -0.372 e. The second-order valence-electron chi connectivity index (χ2n) is 8.10. The Hall–Kier alpha value is -4.25. The van der Waals surface area contributed by atoms with E-state index in [1.807, 2.05) is 0 Å². The predicted octanol–water partition coefficient (Wildman–Crippen LogP) is 5.36. The van der Waals surface area contributed by atoms with Crippen LogP contribution in [0, 0.1) is 15.9 Å². The molecule has 3 aromatic carbocycles. The van der Waals surface area contributed by atoms with Crippen molar-refractivity contribution in [2.45, 2.75) is 11.8 Å². The number of aromatic nitrogens is 3. The molecule has 5 aromatic rings. The summed E-state index contributed by atoms with van der Waals surface area (Å²) in [6.07, 6.45) is -2.77. The fraction of sp³-hybridized carbons (Fsp3) is 0.125. The summed E-state index contributed by atoms with van der Waals surface area (Å²) in [5.41, 5.74) is -3.95. The van der Waals surface area contributed by atoms with Crippen LogP contribution in [-0.2, 0) is 12.6 Å². The van der Waals surface area contributed by atoms with Crippen molar-refractivity contribution in [3.63, 3.8) is 0 Å². The lowest BCUT2D eigenvalue weighted by molar-refractivity contribution is -0.383. The molecule has 2 aromatic heterocycles. The first-order valence-electron chi connectivity index (χ1n) is 10.3. The summed E-state index contributed by atoms with van der Waals surface area (Å²) in [6, 6.07) is 12.9. The van der Waals surface area contributed by atoms with Gasteiger partial charge in [-0.3, -0.25) is 10.1 Å². The van der Waals surface area contributed by atoms with E-state index in [0.717, 1.165) is 12.3 Å². The van der Waals surface area contributed by atoms with Crippen molar-refractivity contribution in [1.82, 2.24) is 14.3 Å². The van der Waals surface area contributed by atoms with Crippen LogP contribution in [0.25, 0.3) is 27.5 Å². The number of halogens is 4. The third-order valence-electron chi connectivity index (χ3n) is 6.03. The Morgan fingerprint density at radius 1 is 1.06 bits per heavy atom. The molecule has 1 atom stereocenters. The van der Waals surface area contributed by atoms with E-state index in [0.29, 0.717) is 16.6 Å². The Labute approximate surface area is 194 Å². The molecule has 0 aliphatic carbocycles. The molecule has 0 amide bonds. The molecule has 7 nitrogen and oxygen atoms in total. The maximum Gasteiger partial charge on any atom is 0.425 e. The molecule has 0 aliphatic rings. The van der Waals surface area contributed by atoms with Crippen LogP contribution in [0.15, 0.2) is 73.1 Å². The van der Waals surface area contributed by atoms with E-state index in [4.69, 9.17) is 0 Å². The lowest BCUT2D eigenvalue weighted by Crippen LogP contribution is -2.43. The van der Waals surface area contributed by atoms with Crippen LogP contribution in [0.5, 0.6) is 0 Å². The molecule has 1 unspecified atom stereocenters. The van der Waals surface area contributed by atoms with Crippen LogP contribution in [-0.4, -0.2) is 30.6 Å². The highest BCUT2D eigenvalue weighted by Gasteiger charge is 2.57. The van der Waals surface area contributed by atoms with Crippen molar-refractivity contribution in [3.8, 4) is 5.69 Å². The number of aryl methyl sites for hydroxylation is 1. The molecule has 0 aliphatic heterocycles. The van der Waals surface area contributed by atoms with Gasteiger partial charge >= 0.3 is 6.18 Å². The molecular weight excluding hydrogens is 468 g/mol. The minimum absolute atomic E-state index is 0.0413. The van der Waals surface area contributed by atoms with Gasteiger partial charge in [-0.25, -0.2) is 9.07 Å². The second-order valence-corrected chi connectivity index (χ2v) is 8.10. The van der Waals surface area contributed by atoms with E-state index < -0.39 is 33.6 Å². The molecule has 11 heteroatoms. The van der Waals surface area contributed by atoms with Crippen LogP contribution in [0.2, 0.25) is 0 Å². The van der Waals surface area contributed by atoms with Crippen molar-refractivity contribution in [1.29, 1.82) is 0 Å². The molecule has 2 heterocycles. The quantitative estimate of drug-likeness (QED) is 0.211. The van der Waals surface area contributed by atoms with Gasteiger partial charge in [0.25, 0.3) is 5.69 Å². The van der Waals surface area contributed by atoms with E-state index in [2.05, 4.69) is 5.10 Å². The lowest BCUT2D eigenvalue weighted by atomic mass is 9.85. The first-order chi connectivity index (χ1) is 16.5. The number of non-ortho nitro benzene ring substituents is 1. The zero-order valence-electron chi connectivity index (χ0n) is 18.0. The average molecular weight is 484 g/mol. The molecule has 0 saturated carbocycles. The number of benzene rings is 3. The predicted molar refractivity (Wildman–Crippen MR) is 120 cm³/mol. The van der Waals surface area contributed by atoms with Gasteiger partial charge < -0.3 is 9.67 Å². The third kappa shape index (κ3) is 3.35. The monoisotopic (exact) mass is 484 g/mol. The Morgan fingerprint density at radius 2 is 1.77 bits per heavy atom. The first-order valence-corrected chi connectivity index (χ1v) is 10.3. The van der Waals surface area contributed by atoms with Gasteiger partial charge in [-0.05, 0) is 42.0 Å². The van der Waals surface area contributed by atoms with E-state index in [1.54, 1.807) is 0 Å². The Kier molecular flexibility index (Phi) is 4.92. The standard InChI is InChI=1S/C24H16F4N4O3/c1-30-13-19(18-3-2-4-21(22(18)30)32(34)35)23(33,24(26,27)28)15-5-10-20-14(11-15)12-29-31(20)17-8-6-16(25)7-9-17/h2-13,33H,1H3. The largest absolute Gasteiger partial charge is 0.425 e. The fourth-order valence-corrected chi connectivity index (χ4v) is 4.40. The maximum absolute atomic E-state index is 14.5. The van der Waals surface area contributed by atoms with Gasteiger partial charge in [0.05, 0.1) is 22.3 Å². The highest BCUT2D eigenvalue weighted by molar-refractivity contribution is 5.93.